The smallest absolute Gasteiger partial charge is 0.338 e. The largest absolute Gasteiger partial charge is 0.490 e. The predicted molar refractivity (Wildman–Crippen MR) is 143 cm³/mol. The Morgan fingerprint density at radius 1 is 0.618 bits per heavy atom. The number of hydrogen-bond acceptors (Lipinski definition) is 3. The van der Waals surface area contributed by atoms with Crippen molar-refractivity contribution in [1.82, 2.24) is 0 Å². The highest BCUT2D eigenvalue weighted by Crippen LogP contribution is 2.15. The number of carbonyl (C=O) groups is 1. The first-order valence-corrected chi connectivity index (χ1v) is 13.7. The van der Waals surface area contributed by atoms with Crippen LogP contribution in [0.3, 0.4) is 0 Å². The average Bonchev–Trinajstić information content (AvgIpc) is 2.87. The summed E-state index contributed by atoms with van der Waals surface area (Å²) >= 11 is 0. The predicted octanol–water partition coefficient (Wildman–Crippen LogP) is 8.95. The van der Waals surface area contributed by atoms with Crippen LogP contribution in [-0.4, -0.2) is 19.2 Å². The van der Waals surface area contributed by atoms with Crippen molar-refractivity contribution < 1.29 is 14.3 Å². The Bertz CT molecular complexity index is 739. The van der Waals surface area contributed by atoms with Gasteiger partial charge in [0, 0.05) is 0 Å². The summed E-state index contributed by atoms with van der Waals surface area (Å²) in [7, 11) is 0. The van der Waals surface area contributed by atoms with Gasteiger partial charge in [-0.15, -0.1) is 0 Å². The lowest BCUT2D eigenvalue weighted by molar-refractivity contribution is 0.0450. The van der Waals surface area contributed by atoms with Crippen molar-refractivity contribution >= 4 is 5.97 Å². The van der Waals surface area contributed by atoms with Gasteiger partial charge >= 0.3 is 5.97 Å². The summed E-state index contributed by atoms with van der Waals surface area (Å²) in [5.74, 6) is 0.492. The van der Waals surface area contributed by atoms with Gasteiger partial charge in [-0.1, -0.05) is 121 Å². The zero-order valence-electron chi connectivity index (χ0n) is 21.4. The summed E-state index contributed by atoms with van der Waals surface area (Å²) in [5, 5.41) is 0. The van der Waals surface area contributed by atoms with E-state index in [2.05, 4.69) is 19.1 Å². The molecule has 34 heavy (non-hydrogen) atoms. The minimum Gasteiger partial charge on any atom is -0.490 e. The Morgan fingerprint density at radius 3 is 1.71 bits per heavy atom. The van der Waals surface area contributed by atoms with Crippen molar-refractivity contribution in [3.8, 4) is 5.75 Å². The molecule has 0 heterocycles. The van der Waals surface area contributed by atoms with Crippen LogP contribution in [-0.2, 0) is 11.2 Å². The highest BCUT2D eigenvalue weighted by atomic mass is 16.6. The van der Waals surface area contributed by atoms with Gasteiger partial charge in [-0.25, -0.2) is 4.79 Å². The summed E-state index contributed by atoms with van der Waals surface area (Å²) in [6.45, 7) is 2.88. The lowest BCUT2D eigenvalue weighted by Crippen LogP contribution is -2.12. The second-order valence-electron chi connectivity index (χ2n) is 9.34. The fourth-order valence-electron chi connectivity index (χ4n) is 4.23. The Kier molecular flexibility index (Phi) is 15.7. The molecule has 0 radical (unpaired) electrons. The number of hydrogen-bond donors (Lipinski definition) is 0. The first kappa shape index (κ1) is 28.0. The van der Waals surface area contributed by atoms with Crippen LogP contribution in [0.25, 0.3) is 0 Å². The molecular formula is C31H46O3. The Balaban J connectivity index is 1.43. The molecule has 0 aromatic heterocycles. The molecule has 2 rings (SSSR count). The quantitative estimate of drug-likeness (QED) is 0.144. The SMILES string of the molecule is CCCCCCCCCCCCCCCCc1ccc(C(=O)OCCOc2ccccc2)cc1. The molecule has 3 nitrogen and oxygen atoms in total. The average molecular weight is 467 g/mol. The van der Waals surface area contributed by atoms with E-state index in [-0.39, 0.29) is 12.6 Å². The lowest BCUT2D eigenvalue weighted by Gasteiger charge is -2.08. The number of benzene rings is 2. The van der Waals surface area contributed by atoms with Crippen LogP contribution < -0.4 is 4.74 Å². The van der Waals surface area contributed by atoms with Crippen molar-refractivity contribution in [2.75, 3.05) is 13.2 Å². The third kappa shape index (κ3) is 13.4. The van der Waals surface area contributed by atoms with Crippen molar-refractivity contribution in [3.63, 3.8) is 0 Å². The standard InChI is InChI=1S/C31H46O3/c1-2-3-4-5-6-7-8-9-10-11-12-13-14-16-19-28-22-24-29(25-23-28)31(32)34-27-26-33-30-20-17-15-18-21-30/h15,17-18,20-25H,2-14,16,19,26-27H2,1H3. The van der Waals surface area contributed by atoms with Gasteiger partial charge in [0.2, 0.25) is 0 Å². The Hall–Kier alpha value is -2.29. The van der Waals surface area contributed by atoms with Gasteiger partial charge in [0.1, 0.15) is 19.0 Å². The van der Waals surface area contributed by atoms with Crippen LogP contribution in [0.5, 0.6) is 5.75 Å². The zero-order chi connectivity index (χ0) is 24.1. The highest BCUT2D eigenvalue weighted by molar-refractivity contribution is 5.89. The molecule has 0 amide bonds. The van der Waals surface area contributed by atoms with Crippen LogP contribution in [0.2, 0.25) is 0 Å². The zero-order valence-corrected chi connectivity index (χ0v) is 21.4. The molecule has 0 saturated carbocycles. The molecule has 2 aromatic rings. The molecule has 0 aliphatic carbocycles. The molecule has 0 saturated heterocycles. The number of rotatable bonds is 20. The number of esters is 1. The molecule has 0 aliphatic heterocycles. The summed E-state index contributed by atoms with van der Waals surface area (Å²) in [5.41, 5.74) is 1.90. The van der Waals surface area contributed by atoms with Gasteiger partial charge in [-0.3, -0.25) is 0 Å². The van der Waals surface area contributed by atoms with Gasteiger partial charge in [0.25, 0.3) is 0 Å². The van der Waals surface area contributed by atoms with E-state index in [1.54, 1.807) is 0 Å². The van der Waals surface area contributed by atoms with Crippen LogP contribution in [0.4, 0.5) is 0 Å². The number of carbonyl (C=O) groups excluding carboxylic acids is 1. The van der Waals surface area contributed by atoms with Crippen molar-refractivity contribution in [2.45, 2.75) is 103 Å². The maximum absolute atomic E-state index is 12.2. The Morgan fingerprint density at radius 2 is 1.15 bits per heavy atom. The lowest BCUT2D eigenvalue weighted by atomic mass is 10.0. The molecule has 0 spiro atoms. The fourth-order valence-corrected chi connectivity index (χ4v) is 4.23. The summed E-state index contributed by atoms with van der Waals surface area (Å²) < 4.78 is 10.9. The minimum absolute atomic E-state index is 0.245. The van der Waals surface area contributed by atoms with Gasteiger partial charge < -0.3 is 9.47 Å². The van der Waals surface area contributed by atoms with E-state index in [0.29, 0.717) is 12.2 Å². The third-order valence-electron chi connectivity index (χ3n) is 6.34. The summed E-state index contributed by atoms with van der Waals surface area (Å²) in [6, 6.07) is 17.4. The van der Waals surface area contributed by atoms with Crippen LogP contribution in [0, 0.1) is 0 Å². The molecule has 0 fully saturated rings. The number of aryl methyl sites for hydroxylation is 1. The molecule has 0 N–H and O–H groups in total. The van der Waals surface area contributed by atoms with Gasteiger partial charge in [-0.2, -0.15) is 0 Å². The van der Waals surface area contributed by atoms with E-state index in [0.717, 1.165) is 12.2 Å². The van der Waals surface area contributed by atoms with Gasteiger partial charge in [0.15, 0.2) is 0 Å². The topological polar surface area (TPSA) is 35.5 Å². The molecule has 0 unspecified atom stereocenters. The maximum atomic E-state index is 12.2. The van der Waals surface area contributed by atoms with Crippen molar-refractivity contribution in [3.05, 3.63) is 65.7 Å². The van der Waals surface area contributed by atoms with Gasteiger partial charge in [-0.05, 0) is 42.7 Å². The van der Waals surface area contributed by atoms with E-state index in [4.69, 9.17) is 9.47 Å². The molecule has 0 bridgehead atoms. The van der Waals surface area contributed by atoms with E-state index in [1.807, 2.05) is 42.5 Å². The minimum atomic E-state index is -0.292. The van der Waals surface area contributed by atoms with Crippen LogP contribution >= 0.6 is 0 Å². The monoisotopic (exact) mass is 466 g/mol. The third-order valence-corrected chi connectivity index (χ3v) is 6.34. The second kappa shape index (κ2) is 19.1. The molecule has 188 valence electrons. The van der Waals surface area contributed by atoms with Gasteiger partial charge in [0.05, 0.1) is 5.56 Å². The van der Waals surface area contributed by atoms with Crippen molar-refractivity contribution in [2.24, 2.45) is 0 Å². The van der Waals surface area contributed by atoms with E-state index >= 15 is 0 Å². The van der Waals surface area contributed by atoms with E-state index < -0.39 is 0 Å². The summed E-state index contributed by atoms with van der Waals surface area (Å²) in [6.07, 6.45) is 20.4. The normalized spacial score (nSPS) is 10.9. The molecule has 0 atom stereocenters. The maximum Gasteiger partial charge on any atom is 0.338 e. The number of ether oxygens (including phenoxy) is 2. The highest BCUT2D eigenvalue weighted by Gasteiger charge is 2.07. The Labute approximate surface area is 208 Å². The number of para-hydroxylation sites is 1. The fraction of sp³-hybridized carbons (Fsp3) is 0.581. The molecule has 3 heteroatoms. The van der Waals surface area contributed by atoms with Crippen molar-refractivity contribution in [1.29, 1.82) is 0 Å². The molecule has 0 aliphatic rings. The van der Waals surface area contributed by atoms with E-state index in [1.165, 1.54) is 95.5 Å². The van der Waals surface area contributed by atoms with Crippen LogP contribution in [0.15, 0.2) is 54.6 Å². The first-order chi connectivity index (χ1) is 16.8. The second-order valence-corrected chi connectivity index (χ2v) is 9.34. The van der Waals surface area contributed by atoms with E-state index in [9.17, 15) is 4.79 Å². The number of unbranched alkanes of at least 4 members (excludes halogenated alkanes) is 13. The van der Waals surface area contributed by atoms with Crippen LogP contribution in [0.1, 0.15) is 113 Å². The summed E-state index contributed by atoms with van der Waals surface area (Å²) in [4.78, 5) is 12.2. The first-order valence-electron chi connectivity index (χ1n) is 13.7. The molecular weight excluding hydrogens is 420 g/mol. The molecule has 2 aromatic carbocycles.